The average Bonchev–Trinajstić information content (AvgIpc) is 2.34. The molecular weight excluding hydrogens is 270 g/mol. The van der Waals surface area contributed by atoms with Crippen LogP contribution in [-0.2, 0) is 9.84 Å². The van der Waals surface area contributed by atoms with Crippen molar-refractivity contribution < 1.29 is 23.7 Å². The van der Waals surface area contributed by atoms with Crippen LogP contribution in [0.1, 0.15) is 0 Å². The van der Waals surface area contributed by atoms with Gasteiger partial charge in [-0.1, -0.05) is 12.1 Å². The van der Waals surface area contributed by atoms with Crippen LogP contribution in [0.4, 0.5) is 5.69 Å². The Morgan fingerprint density at radius 2 is 1.84 bits per heavy atom. The number of rotatable bonds is 0. The maximum Gasteiger partial charge on any atom is 0.189 e. The van der Waals surface area contributed by atoms with Gasteiger partial charge < -0.3 is 15.3 Å². The summed E-state index contributed by atoms with van der Waals surface area (Å²) in [6.07, 6.45) is 1.14. The lowest BCUT2D eigenvalue weighted by Crippen LogP contribution is -2.12. The molecule has 3 N–H and O–H groups in total. The van der Waals surface area contributed by atoms with Gasteiger partial charge in [0.05, 0.1) is 11.1 Å². The third-order valence-corrected chi connectivity index (χ3v) is 4.61. The van der Waals surface area contributed by atoms with Gasteiger partial charge >= 0.3 is 0 Å². The minimum atomic E-state index is -3.74. The second kappa shape index (κ2) is 3.61. The molecule has 3 rings (SSSR count). The molecule has 0 spiro atoms. The van der Waals surface area contributed by atoms with Crippen molar-refractivity contribution in [1.29, 1.82) is 0 Å². The number of hydrogen-bond acceptors (Lipinski definition) is 6. The first-order chi connectivity index (χ1) is 8.93. The number of phenols is 3. The maximum absolute atomic E-state index is 11.9. The van der Waals surface area contributed by atoms with Gasteiger partial charge in [0, 0.05) is 11.6 Å². The number of fused-ring (bicyclic) bond motifs is 2. The molecule has 1 aliphatic rings. The first-order valence-corrected chi connectivity index (χ1v) is 7.03. The summed E-state index contributed by atoms with van der Waals surface area (Å²) in [6, 6.07) is 4.19. The summed E-state index contributed by atoms with van der Waals surface area (Å²) in [5, 5.41) is 30.0. The van der Waals surface area contributed by atoms with Crippen LogP contribution in [-0.4, -0.2) is 35.7 Å². The molecule has 98 valence electrons. The van der Waals surface area contributed by atoms with Crippen molar-refractivity contribution in [1.82, 2.24) is 0 Å². The van der Waals surface area contributed by atoms with Crippen molar-refractivity contribution in [2.45, 2.75) is 4.90 Å². The Hall–Kier alpha value is -2.28. The fraction of sp³-hybridized carbons (Fsp3) is 0.0833. The zero-order valence-electron chi connectivity index (χ0n) is 9.53. The molecule has 0 aromatic heterocycles. The lowest BCUT2D eigenvalue weighted by molar-refractivity contribution is 0.449. The highest BCUT2D eigenvalue weighted by molar-refractivity contribution is 7.92. The molecule has 6 nitrogen and oxygen atoms in total. The molecular formula is C12H9NO5S. The number of hydrogen-bond donors (Lipinski definition) is 3. The topological polar surface area (TPSA) is 107 Å². The van der Waals surface area contributed by atoms with E-state index >= 15 is 0 Å². The van der Waals surface area contributed by atoms with Crippen molar-refractivity contribution in [3.63, 3.8) is 0 Å². The van der Waals surface area contributed by atoms with E-state index in [-0.39, 0.29) is 28.0 Å². The van der Waals surface area contributed by atoms with Crippen molar-refractivity contribution in [2.24, 2.45) is 4.99 Å². The number of phenolic OH excluding ortho intramolecular Hbond substituents is 3. The molecule has 0 fully saturated rings. The van der Waals surface area contributed by atoms with Gasteiger partial charge in [0.2, 0.25) is 0 Å². The van der Waals surface area contributed by atoms with Crippen LogP contribution in [0, 0.1) is 0 Å². The summed E-state index contributed by atoms with van der Waals surface area (Å²) >= 11 is 0. The minimum Gasteiger partial charge on any atom is -0.507 e. The maximum atomic E-state index is 11.9. The number of aromatic hydroxyl groups is 3. The summed E-state index contributed by atoms with van der Waals surface area (Å²) < 4.78 is 23.9. The molecule has 0 aliphatic carbocycles. The molecule has 0 amide bonds. The molecule has 2 aromatic rings. The minimum absolute atomic E-state index is 0.0204. The van der Waals surface area contributed by atoms with E-state index in [1.54, 1.807) is 0 Å². The van der Waals surface area contributed by atoms with Gasteiger partial charge in [-0.3, -0.25) is 4.99 Å². The van der Waals surface area contributed by atoms with Gasteiger partial charge in [0.15, 0.2) is 15.6 Å². The highest BCUT2D eigenvalue weighted by Gasteiger charge is 2.31. The summed E-state index contributed by atoms with van der Waals surface area (Å²) in [4.78, 5) is 3.42. The molecule has 0 atom stereocenters. The Morgan fingerprint density at radius 1 is 1.11 bits per heavy atom. The first-order valence-electron chi connectivity index (χ1n) is 5.38. The first kappa shape index (κ1) is 11.8. The normalized spacial score (nSPS) is 16.4. The van der Waals surface area contributed by atoms with Crippen LogP contribution < -0.4 is 0 Å². The summed E-state index contributed by atoms with van der Waals surface area (Å²) in [5.41, 5.74) is -0.238. The van der Waals surface area contributed by atoms with Crippen LogP contribution >= 0.6 is 0 Å². The van der Waals surface area contributed by atoms with E-state index in [4.69, 9.17) is 0 Å². The van der Waals surface area contributed by atoms with Crippen LogP contribution in [0.3, 0.4) is 0 Å². The average molecular weight is 279 g/mol. The van der Waals surface area contributed by atoms with Gasteiger partial charge in [-0.05, 0) is 6.07 Å². The number of sulfone groups is 1. The fourth-order valence-electron chi connectivity index (χ4n) is 2.17. The van der Waals surface area contributed by atoms with Gasteiger partial charge in [0.1, 0.15) is 22.1 Å². The van der Waals surface area contributed by atoms with E-state index in [1.165, 1.54) is 18.2 Å². The molecule has 19 heavy (non-hydrogen) atoms. The molecule has 0 saturated heterocycles. The van der Waals surface area contributed by atoms with Crippen molar-refractivity contribution >= 4 is 32.5 Å². The lowest BCUT2D eigenvalue weighted by Gasteiger charge is -2.16. The highest BCUT2D eigenvalue weighted by atomic mass is 32.2. The molecule has 0 unspecified atom stereocenters. The van der Waals surface area contributed by atoms with E-state index in [2.05, 4.69) is 4.99 Å². The zero-order valence-corrected chi connectivity index (χ0v) is 10.3. The molecule has 0 saturated carbocycles. The summed E-state index contributed by atoms with van der Waals surface area (Å²) in [7, 11) is -3.74. The van der Waals surface area contributed by atoms with Crippen LogP contribution in [0.25, 0.3) is 10.8 Å². The molecule has 0 radical (unpaired) electrons. The van der Waals surface area contributed by atoms with Crippen molar-refractivity contribution in [3.8, 4) is 17.2 Å². The quantitative estimate of drug-likeness (QED) is 0.632. The Labute approximate surface area is 108 Å². The lowest BCUT2D eigenvalue weighted by atomic mass is 10.1. The van der Waals surface area contributed by atoms with Gasteiger partial charge in [-0.2, -0.15) is 0 Å². The van der Waals surface area contributed by atoms with E-state index in [1.807, 2.05) is 0 Å². The van der Waals surface area contributed by atoms with E-state index in [0.29, 0.717) is 0 Å². The van der Waals surface area contributed by atoms with Gasteiger partial charge in [-0.25, -0.2) is 8.42 Å². The van der Waals surface area contributed by atoms with Crippen molar-refractivity contribution in [2.75, 3.05) is 5.75 Å². The Balaban J connectivity index is 2.63. The summed E-state index contributed by atoms with van der Waals surface area (Å²) in [5.74, 6) is -1.56. The van der Waals surface area contributed by atoms with Gasteiger partial charge in [-0.15, -0.1) is 0 Å². The predicted octanol–water partition coefficient (Wildman–Crippen LogP) is 1.45. The number of nitrogens with zero attached hydrogens (tertiary/aromatic N) is 1. The fourth-order valence-corrected chi connectivity index (χ4v) is 3.46. The Morgan fingerprint density at radius 3 is 2.58 bits per heavy atom. The molecule has 0 bridgehead atoms. The monoisotopic (exact) mass is 279 g/mol. The van der Waals surface area contributed by atoms with Crippen LogP contribution in [0.2, 0.25) is 0 Å². The molecule has 1 aliphatic heterocycles. The van der Waals surface area contributed by atoms with Crippen LogP contribution in [0.15, 0.2) is 28.1 Å². The predicted molar refractivity (Wildman–Crippen MR) is 69.1 cm³/mol. The second-order valence-corrected chi connectivity index (χ2v) is 6.14. The smallest absolute Gasteiger partial charge is 0.189 e. The third kappa shape index (κ3) is 1.48. The zero-order chi connectivity index (χ0) is 13.8. The highest BCUT2D eigenvalue weighted by Crippen LogP contribution is 2.50. The van der Waals surface area contributed by atoms with E-state index < -0.39 is 26.2 Å². The number of aliphatic imine (C=N–C) groups is 1. The Bertz CT molecular complexity index is 839. The standard InChI is InChI=1S/C12H9NO5S/c14-7-3-1-2-6-8(7)11(16)9-12(10(6)15)19(17,18)5-4-13-9/h1-4,14-16H,5H2. The largest absolute Gasteiger partial charge is 0.507 e. The van der Waals surface area contributed by atoms with Crippen LogP contribution in [0.5, 0.6) is 17.2 Å². The third-order valence-electron chi connectivity index (χ3n) is 3.01. The molecule has 2 aromatic carbocycles. The second-order valence-electron chi connectivity index (χ2n) is 4.17. The number of benzene rings is 2. The molecule has 1 heterocycles. The van der Waals surface area contributed by atoms with E-state index in [9.17, 15) is 23.7 Å². The van der Waals surface area contributed by atoms with E-state index in [0.717, 1.165) is 6.21 Å². The summed E-state index contributed by atoms with van der Waals surface area (Å²) in [6.45, 7) is 0. The van der Waals surface area contributed by atoms with Crippen molar-refractivity contribution in [3.05, 3.63) is 18.2 Å². The Kier molecular flexibility index (Phi) is 2.24. The SMILES string of the molecule is O=S1(=O)CC=Nc2c1c(O)c1cccc(O)c1c2O. The molecule has 7 heteroatoms. The van der Waals surface area contributed by atoms with Gasteiger partial charge in [0.25, 0.3) is 0 Å².